The fraction of sp³-hybridized carbons (Fsp3) is 0.364. The zero-order valence-electron chi connectivity index (χ0n) is 9.77. The molecule has 0 fully saturated rings. The molecule has 4 nitrogen and oxygen atoms in total. The molecule has 0 spiro atoms. The molecule has 0 unspecified atom stereocenters. The lowest BCUT2D eigenvalue weighted by Crippen LogP contribution is -2.31. The summed E-state index contributed by atoms with van der Waals surface area (Å²) in [7, 11) is 3.74. The molecule has 5 heteroatoms. The van der Waals surface area contributed by atoms with Crippen molar-refractivity contribution in [2.24, 2.45) is 5.10 Å². The van der Waals surface area contributed by atoms with Crippen LogP contribution in [0.5, 0.6) is 0 Å². The van der Waals surface area contributed by atoms with E-state index in [4.69, 9.17) is 12.2 Å². The van der Waals surface area contributed by atoms with E-state index in [-0.39, 0.29) is 0 Å². The zero-order valence-corrected chi connectivity index (χ0v) is 10.6. The number of pyridine rings is 1. The topological polar surface area (TPSA) is 40.5 Å². The molecular weight excluding hydrogens is 220 g/mol. The molecule has 0 aliphatic rings. The van der Waals surface area contributed by atoms with Gasteiger partial charge < -0.3 is 4.90 Å². The molecule has 0 amide bonds. The first-order chi connectivity index (χ1) is 7.65. The van der Waals surface area contributed by atoms with Crippen LogP contribution in [0.3, 0.4) is 0 Å². The Bertz CT molecular complexity index is 373. The van der Waals surface area contributed by atoms with Crippen LogP contribution in [0.25, 0.3) is 0 Å². The third kappa shape index (κ3) is 3.58. The van der Waals surface area contributed by atoms with Gasteiger partial charge in [0, 0.05) is 20.3 Å². The summed E-state index contributed by atoms with van der Waals surface area (Å²) in [6.45, 7) is 2.04. The highest BCUT2D eigenvalue weighted by molar-refractivity contribution is 7.80. The molecule has 1 aromatic heterocycles. The van der Waals surface area contributed by atoms with Crippen molar-refractivity contribution in [1.82, 2.24) is 15.3 Å². The summed E-state index contributed by atoms with van der Waals surface area (Å²) in [5, 5.41) is 4.84. The summed E-state index contributed by atoms with van der Waals surface area (Å²) < 4.78 is 0. The Hall–Kier alpha value is -1.49. The Morgan fingerprint density at radius 1 is 1.50 bits per heavy atom. The molecule has 1 aromatic rings. The Labute approximate surface area is 101 Å². The van der Waals surface area contributed by atoms with E-state index in [0.717, 1.165) is 17.8 Å². The maximum atomic E-state index is 5.08. The van der Waals surface area contributed by atoms with E-state index in [0.29, 0.717) is 5.11 Å². The van der Waals surface area contributed by atoms with Crippen molar-refractivity contribution in [3.8, 4) is 0 Å². The number of rotatable bonds is 3. The van der Waals surface area contributed by atoms with Crippen LogP contribution in [0.1, 0.15) is 19.0 Å². The second-order valence-electron chi connectivity index (χ2n) is 3.44. The van der Waals surface area contributed by atoms with Gasteiger partial charge in [-0.3, -0.25) is 10.4 Å². The first-order valence-electron chi connectivity index (χ1n) is 5.10. The van der Waals surface area contributed by atoms with E-state index in [9.17, 15) is 0 Å². The lowest BCUT2D eigenvalue weighted by Gasteiger charge is -2.13. The molecule has 0 aromatic carbocycles. The standard InChI is InChI=1S/C11H16N4S/c1-4-9(10-7-5-6-8-12-10)13-14-11(16)15(2)3/h5-8H,4H2,1-3H3,(H,14,16). The van der Waals surface area contributed by atoms with Gasteiger partial charge in [-0.05, 0) is 30.8 Å². The number of aromatic nitrogens is 1. The number of hydrogen-bond acceptors (Lipinski definition) is 3. The molecule has 16 heavy (non-hydrogen) atoms. The van der Waals surface area contributed by atoms with Gasteiger partial charge in [-0.15, -0.1) is 0 Å². The van der Waals surface area contributed by atoms with Crippen LogP contribution in [0, 0.1) is 0 Å². The summed E-state index contributed by atoms with van der Waals surface area (Å²) in [6, 6.07) is 5.76. The average Bonchev–Trinajstić information content (AvgIpc) is 2.30. The minimum Gasteiger partial charge on any atom is -0.354 e. The van der Waals surface area contributed by atoms with Crippen LogP contribution in [0.2, 0.25) is 0 Å². The lowest BCUT2D eigenvalue weighted by atomic mass is 10.2. The summed E-state index contributed by atoms with van der Waals surface area (Å²) in [5.41, 5.74) is 4.60. The summed E-state index contributed by atoms with van der Waals surface area (Å²) in [6.07, 6.45) is 2.56. The number of thiocarbonyl (C=S) groups is 1. The maximum Gasteiger partial charge on any atom is 0.189 e. The van der Waals surface area contributed by atoms with Gasteiger partial charge in [-0.1, -0.05) is 13.0 Å². The second-order valence-corrected chi connectivity index (χ2v) is 3.83. The van der Waals surface area contributed by atoms with E-state index in [1.54, 1.807) is 11.1 Å². The van der Waals surface area contributed by atoms with Crippen LogP contribution in [-0.4, -0.2) is 34.8 Å². The van der Waals surface area contributed by atoms with E-state index in [2.05, 4.69) is 15.5 Å². The largest absolute Gasteiger partial charge is 0.354 e. The second kappa shape index (κ2) is 6.17. The van der Waals surface area contributed by atoms with Crippen molar-refractivity contribution in [3.05, 3.63) is 30.1 Å². The minimum atomic E-state index is 0.585. The van der Waals surface area contributed by atoms with E-state index < -0.39 is 0 Å². The molecule has 1 rings (SSSR count). The molecule has 0 aliphatic carbocycles. The summed E-state index contributed by atoms with van der Waals surface area (Å²) in [5.74, 6) is 0. The molecule has 1 heterocycles. The van der Waals surface area contributed by atoms with Gasteiger partial charge in [0.2, 0.25) is 0 Å². The molecule has 0 saturated carbocycles. The van der Waals surface area contributed by atoms with E-state index in [1.165, 1.54) is 0 Å². The predicted octanol–water partition coefficient (Wildman–Crippen LogP) is 1.63. The van der Waals surface area contributed by atoms with Crippen LogP contribution in [-0.2, 0) is 0 Å². The highest BCUT2D eigenvalue weighted by atomic mass is 32.1. The minimum absolute atomic E-state index is 0.585. The summed E-state index contributed by atoms with van der Waals surface area (Å²) >= 11 is 5.08. The fourth-order valence-electron chi connectivity index (χ4n) is 1.07. The van der Waals surface area contributed by atoms with Crippen LogP contribution >= 0.6 is 12.2 Å². The van der Waals surface area contributed by atoms with Gasteiger partial charge in [0.25, 0.3) is 0 Å². The Morgan fingerprint density at radius 3 is 2.75 bits per heavy atom. The van der Waals surface area contributed by atoms with Crippen molar-refractivity contribution in [2.75, 3.05) is 14.1 Å². The predicted molar refractivity (Wildman–Crippen MR) is 70.5 cm³/mol. The van der Waals surface area contributed by atoms with Gasteiger partial charge >= 0.3 is 0 Å². The Kier molecular flexibility index (Phi) is 4.85. The molecule has 86 valence electrons. The number of nitrogens with one attached hydrogen (secondary N) is 1. The lowest BCUT2D eigenvalue weighted by molar-refractivity contribution is 0.605. The van der Waals surface area contributed by atoms with Crippen LogP contribution in [0.15, 0.2) is 29.5 Å². The molecular formula is C11H16N4S. The number of hydrogen-bond donors (Lipinski definition) is 1. The van der Waals surface area contributed by atoms with Crippen molar-refractivity contribution in [2.45, 2.75) is 13.3 Å². The van der Waals surface area contributed by atoms with E-state index >= 15 is 0 Å². The fourth-order valence-corrected chi connectivity index (χ4v) is 1.11. The molecule has 0 bridgehead atoms. The Morgan fingerprint density at radius 2 is 2.25 bits per heavy atom. The zero-order chi connectivity index (χ0) is 12.0. The van der Waals surface area contributed by atoms with Crippen molar-refractivity contribution < 1.29 is 0 Å². The van der Waals surface area contributed by atoms with Gasteiger partial charge in [0.15, 0.2) is 5.11 Å². The summed E-state index contributed by atoms with van der Waals surface area (Å²) in [4.78, 5) is 6.04. The molecule has 1 N–H and O–H groups in total. The van der Waals surface area contributed by atoms with Crippen molar-refractivity contribution >= 4 is 23.0 Å². The third-order valence-electron chi connectivity index (χ3n) is 1.99. The van der Waals surface area contributed by atoms with Gasteiger partial charge in [0.05, 0.1) is 11.4 Å². The maximum absolute atomic E-state index is 5.08. The van der Waals surface area contributed by atoms with Gasteiger partial charge in [0.1, 0.15) is 0 Å². The number of hydrazone groups is 1. The Balaban J connectivity index is 2.76. The first kappa shape index (κ1) is 12.6. The molecule has 0 aliphatic heterocycles. The number of nitrogens with zero attached hydrogens (tertiary/aromatic N) is 3. The van der Waals surface area contributed by atoms with Crippen LogP contribution in [0.4, 0.5) is 0 Å². The van der Waals surface area contributed by atoms with Gasteiger partial charge in [-0.2, -0.15) is 5.10 Å². The first-order valence-corrected chi connectivity index (χ1v) is 5.51. The molecule has 0 saturated heterocycles. The third-order valence-corrected chi connectivity index (χ3v) is 2.44. The van der Waals surface area contributed by atoms with E-state index in [1.807, 2.05) is 39.2 Å². The molecule has 0 radical (unpaired) electrons. The highest BCUT2D eigenvalue weighted by Crippen LogP contribution is 1.99. The molecule has 0 atom stereocenters. The normalized spacial score (nSPS) is 11.1. The highest BCUT2D eigenvalue weighted by Gasteiger charge is 2.02. The van der Waals surface area contributed by atoms with Gasteiger partial charge in [-0.25, -0.2) is 0 Å². The smallest absolute Gasteiger partial charge is 0.189 e. The van der Waals surface area contributed by atoms with Crippen molar-refractivity contribution in [3.63, 3.8) is 0 Å². The monoisotopic (exact) mass is 236 g/mol. The average molecular weight is 236 g/mol. The SMILES string of the molecule is CCC(=NNC(=S)N(C)C)c1ccccn1. The quantitative estimate of drug-likeness (QED) is 0.492. The van der Waals surface area contributed by atoms with Crippen LogP contribution < -0.4 is 5.43 Å². The van der Waals surface area contributed by atoms with Crippen molar-refractivity contribution in [1.29, 1.82) is 0 Å².